The second-order valence-corrected chi connectivity index (χ2v) is 5.63. The van der Waals surface area contributed by atoms with Crippen LogP contribution >= 0.6 is 0 Å². The first-order chi connectivity index (χ1) is 8.83. The Kier molecular flexibility index (Phi) is 3.82. The molecule has 5 heteroatoms. The summed E-state index contributed by atoms with van der Waals surface area (Å²) in [5.74, 6) is 0.0682. The lowest BCUT2D eigenvalue weighted by Gasteiger charge is -2.36. The molecule has 0 spiro atoms. The molecule has 3 fully saturated rings. The fourth-order valence-corrected chi connectivity index (χ4v) is 3.38. The Labute approximate surface area is 108 Å². The van der Waals surface area contributed by atoms with E-state index in [0.717, 1.165) is 25.9 Å². The van der Waals surface area contributed by atoms with Gasteiger partial charge in [-0.15, -0.1) is 0 Å². The van der Waals surface area contributed by atoms with Gasteiger partial charge >= 0.3 is 0 Å². The zero-order chi connectivity index (χ0) is 12.4. The monoisotopic (exact) mass is 253 g/mol. The van der Waals surface area contributed by atoms with Crippen LogP contribution in [0.1, 0.15) is 25.7 Å². The van der Waals surface area contributed by atoms with Gasteiger partial charge < -0.3 is 20.3 Å². The number of nitrogens with zero attached hydrogens (tertiary/aromatic N) is 1. The third kappa shape index (κ3) is 2.68. The minimum absolute atomic E-state index is 0.0682. The van der Waals surface area contributed by atoms with Gasteiger partial charge in [-0.3, -0.25) is 4.79 Å². The van der Waals surface area contributed by atoms with Crippen molar-refractivity contribution in [2.75, 3.05) is 32.8 Å². The average molecular weight is 253 g/mol. The Morgan fingerprint density at radius 2 is 2.28 bits per heavy atom. The molecular formula is C13H23N3O2. The fraction of sp³-hybridized carbons (Fsp3) is 0.923. The molecule has 3 aliphatic rings. The SMILES string of the molecule is O=C(NC1CCN2CCCC2C1)C1CNCCO1. The first kappa shape index (κ1) is 12.4. The van der Waals surface area contributed by atoms with E-state index < -0.39 is 0 Å². The van der Waals surface area contributed by atoms with Crippen LogP contribution in [0.15, 0.2) is 0 Å². The zero-order valence-electron chi connectivity index (χ0n) is 10.9. The van der Waals surface area contributed by atoms with Crippen molar-refractivity contribution < 1.29 is 9.53 Å². The van der Waals surface area contributed by atoms with Gasteiger partial charge in [0.1, 0.15) is 6.10 Å². The van der Waals surface area contributed by atoms with Gasteiger partial charge in [0.15, 0.2) is 0 Å². The molecule has 0 radical (unpaired) electrons. The molecule has 0 saturated carbocycles. The number of piperidine rings is 1. The van der Waals surface area contributed by atoms with Gasteiger partial charge in [-0.1, -0.05) is 0 Å². The van der Waals surface area contributed by atoms with E-state index in [2.05, 4.69) is 15.5 Å². The van der Waals surface area contributed by atoms with E-state index in [1.54, 1.807) is 0 Å². The van der Waals surface area contributed by atoms with Gasteiger partial charge in [0.25, 0.3) is 5.91 Å². The van der Waals surface area contributed by atoms with Crippen LogP contribution in [0.2, 0.25) is 0 Å². The van der Waals surface area contributed by atoms with Crippen molar-refractivity contribution in [1.82, 2.24) is 15.5 Å². The quantitative estimate of drug-likeness (QED) is 0.710. The maximum absolute atomic E-state index is 12.1. The zero-order valence-corrected chi connectivity index (χ0v) is 10.9. The third-order valence-corrected chi connectivity index (χ3v) is 4.39. The van der Waals surface area contributed by atoms with E-state index in [9.17, 15) is 4.79 Å². The molecule has 3 heterocycles. The van der Waals surface area contributed by atoms with Crippen LogP contribution in [-0.2, 0) is 9.53 Å². The van der Waals surface area contributed by atoms with Crippen molar-refractivity contribution in [3.05, 3.63) is 0 Å². The molecule has 0 bridgehead atoms. The summed E-state index contributed by atoms with van der Waals surface area (Å²) in [4.78, 5) is 14.6. The van der Waals surface area contributed by atoms with Crippen LogP contribution in [-0.4, -0.2) is 61.8 Å². The number of carbonyl (C=O) groups excluding carboxylic acids is 1. The number of morpholine rings is 1. The smallest absolute Gasteiger partial charge is 0.250 e. The molecule has 1 amide bonds. The number of amides is 1. The summed E-state index contributed by atoms with van der Waals surface area (Å²) in [5.41, 5.74) is 0. The number of rotatable bonds is 2. The fourth-order valence-electron chi connectivity index (χ4n) is 3.38. The summed E-state index contributed by atoms with van der Waals surface area (Å²) in [5, 5.41) is 6.37. The summed E-state index contributed by atoms with van der Waals surface area (Å²) in [6, 6.07) is 1.05. The molecule has 3 aliphatic heterocycles. The largest absolute Gasteiger partial charge is 0.366 e. The topological polar surface area (TPSA) is 53.6 Å². The van der Waals surface area contributed by atoms with Crippen molar-refractivity contribution in [3.8, 4) is 0 Å². The Morgan fingerprint density at radius 3 is 3.11 bits per heavy atom. The highest BCUT2D eigenvalue weighted by atomic mass is 16.5. The maximum atomic E-state index is 12.1. The van der Waals surface area contributed by atoms with Crippen molar-refractivity contribution in [3.63, 3.8) is 0 Å². The molecule has 3 atom stereocenters. The molecule has 2 N–H and O–H groups in total. The molecule has 0 aromatic carbocycles. The number of ether oxygens (including phenoxy) is 1. The standard InChI is InChI=1S/C13H23N3O2/c17-13(12-9-14-4-7-18-12)15-10-3-6-16-5-1-2-11(16)8-10/h10-12,14H,1-9H2,(H,15,17). The Bertz CT molecular complexity index is 305. The average Bonchev–Trinajstić information content (AvgIpc) is 2.87. The number of fused-ring (bicyclic) bond motifs is 1. The summed E-state index contributed by atoms with van der Waals surface area (Å²) in [6.45, 7) is 4.53. The minimum atomic E-state index is -0.291. The molecule has 0 aliphatic carbocycles. The Morgan fingerprint density at radius 1 is 1.33 bits per heavy atom. The molecule has 0 aromatic heterocycles. The van der Waals surface area contributed by atoms with Gasteiger partial charge in [-0.2, -0.15) is 0 Å². The number of hydrogen-bond donors (Lipinski definition) is 2. The van der Waals surface area contributed by atoms with Crippen LogP contribution in [0.4, 0.5) is 0 Å². The normalized spacial score (nSPS) is 37.2. The lowest BCUT2D eigenvalue weighted by molar-refractivity contribution is -0.135. The summed E-state index contributed by atoms with van der Waals surface area (Å²) in [6.07, 6.45) is 4.53. The lowest BCUT2D eigenvalue weighted by atomic mass is 9.97. The van der Waals surface area contributed by atoms with Crippen molar-refractivity contribution in [2.24, 2.45) is 0 Å². The summed E-state index contributed by atoms with van der Waals surface area (Å²) >= 11 is 0. The van der Waals surface area contributed by atoms with Crippen LogP contribution in [0.5, 0.6) is 0 Å². The van der Waals surface area contributed by atoms with Crippen LogP contribution < -0.4 is 10.6 Å². The van der Waals surface area contributed by atoms with Gasteiger partial charge in [-0.05, 0) is 32.2 Å². The van der Waals surface area contributed by atoms with E-state index in [4.69, 9.17) is 4.74 Å². The van der Waals surface area contributed by atoms with E-state index in [1.807, 2.05) is 0 Å². The summed E-state index contributed by atoms with van der Waals surface area (Å²) < 4.78 is 5.48. The first-order valence-corrected chi connectivity index (χ1v) is 7.19. The van der Waals surface area contributed by atoms with E-state index >= 15 is 0 Å². The number of carbonyl (C=O) groups is 1. The highest BCUT2D eigenvalue weighted by Crippen LogP contribution is 2.26. The third-order valence-electron chi connectivity index (χ3n) is 4.39. The van der Waals surface area contributed by atoms with E-state index in [-0.39, 0.29) is 12.0 Å². The highest BCUT2D eigenvalue weighted by molar-refractivity contribution is 5.81. The number of nitrogens with one attached hydrogen (secondary N) is 2. The lowest BCUT2D eigenvalue weighted by Crippen LogP contribution is -2.53. The second-order valence-electron chi connectivity index (χ2n) is 5.63. The molecule has 102 valence electrons. The minimum Gasteiger partial charge on any atom is -0.366 e. The van der Waals surface area contributed by atoms with Crippen molar-refractivity contribution >= 4 is 5.91 Å². The van der Waals surface area contributed by atoms with Gasteiger partial charge in [0, 0.05) is 31.7 Å². The van der Waals surface area contributed by atoms with Crippen molar-refractivity contribution in [1.29, 1.82) is 0 Å². The Hall–Kier alpha value is -0.650. The van der Waals surface area contributed by atoms with Crippen molar-refractivity contribution in [2.45, 2.75) is 43.9 Å². The first-order valence-electron chi connectivity index (χ1n) is 7.19. The number of hydrogen-bond acceptors (Lipinski definition) is 4. The van der Waals surface area contributed by atoms with Crippen LogP contribution in [0.25, 0.3) is 0 Å². The van der Waals surface area contributed by atoms with Gasteiger partial charge in [0.05, 0.1) is 6.61 Å². The maximum Gasteiger partial charge on any atom is 0.250 e. The predicted octanol–water partition coefficient (Wildman–Crippen LogP) is -0.282. The summed E-state index contributed by atoms with van der Waals surface area (Å²) in [7, 11) is 0. The van der Waals surface area contributed by atoms with Crippen LogP contribution in [0, 0.1) is 0 Å². The van der Waals surface area contributed by atoms with Crippen LogP contribution in [0.3, 0.4) is 0 Å². The van der Waals surface area contributed by atoms with Gasteiger partial charge in [-0.25, -0.2) is 0 Å². The van der Waals surface area contributed by atoms with Gasteiger partial charge in [0.2, 0.25) is 0 Å². The molecule has 3 unspecified atom stereocenters. The second kappa shape index (κ2) is 5.55. The molecular weight excluding hydrogens is 230 g/mol. The molecule has 3 saturated heterocycles. The molecule has 3 rings (SSSR count). The van der Waals surface area contributed by atoms with E-state index in [0.29, 0.717) is 25.2 Å². The predicted molar refractivity (Wildman–Crippen MR) is 68.4 cm³/mol. The molecule has 5 nitrogen and oxygen atoms in total. The van der Waals surface area contributed by atoms with E-state index in [1.165, 1.54) is 19.4 Å². The molecule has 18 heavy (non-hydrogen) atoms. The highest BCUT2D eigenvalue weighted by Gasteiger charge is 2.33. The Balaban J connectivity index is 1.48. The molecule has 0 aromatic rings.